The Morgan fingerprint density at radius 2 is 2.14 bits per heavy atom. The van der Waals surface area contributed by atoms with Gasteiger partial charge in [0.15, 0.2) is 0 Å². The summed E-state index contributed by atoms with van der Waals surface area (Å²) in [6, 6.07) is 5.27. The number of rotatable bonds is 3. The Balaban J connectivity index is 2.80. The molecular weight excluding hydrogens is 280 g/mol. The fraction of sp³-hybridized carbons (Fsp3) is 0.0833. The maximum atomic E-state index is 11.8. The van der Waals surface area contributed by atoms with E-state index in [1.807, 2.05) is 4.98 Å². The van der Waals surface area contributed by atoms with Gasteiger partial charge >= 0.3 is 5.69 Å². The number of nitrogens with one attached hydrogen (secondary N) is 1. The fourth-order valence-electron chi connectivity index (χ4n) is 1.71. The number of aromatic nitrogens is 2. The second-order valence-corrected chi connectivity index (χ2v) is 3.90. The third kappa shape index (κ3) is 2.50. The lowest BCUT2D eigenvalue weighted by atomic mass is 10.2. The first-order chi connectivity index (χ1) is 9.97. The number of H-pyrrole nitrogens is 1. The predicted molar refractivity (Wildman–Crippen MR) is 70.6 cm³/mol. The van der Waals surface area contributed by atoms with Crippen molar-refractivity contribution in [2.24, 2.45) is 0 Å². The van der Waals surface area contributed by atoms with Crippen LogP contribution in [0, 0.1) is 21.4 Å². The highest BCUT2D eigenvalue weighted by atomic mass is 16.6. The monoisotopic (exact) mass is 288 g/mol. The zero-order chi connectivity index (χ0) is 15.6. The van der Waals surface area contributed by atoms with Gasteiger partial charge in [-0.05, 0) is 6.07 Å². The number of nitrogens with zero attached hydrogens (tertiary/aromatic N) is 3. The number of nitro benzene ring substituents is 1. The number of nitro groups is 1. The van der Waals surface area contributed by atoms with Crippen LogP contribution in [0.25, 0.3) is 5.69 Å². The number of benzene rings is 1. The number of non-ortho nitro benzene ring substituents is 1. The molecule has 0 aliphatic heterocycles. The van der Waals surface area contributed by atoms with Gasteiger partial charge in [-0.2, -0.15) is 5.26 Å². The molecule has 0 aliphatic carbocycles. The minimum Gasteiger partial charge on any atom is -0.495 e. The Hall–Kier alpha value is -3.41. The standard InChI is InChI=1S/C12H8N4O5/c1-21-10-3-2-8(16(19)20)4-9(10)15-6-7(5-13)11(17)14-12(15)18/h2-4,6H,1H3,(H,14,17,18). The lowest BCUT2D eigenvalue weighted by Crippen LogP contribution is -2.30. The van der Waals surface area contributed by atoms with Crippen LogP contribution in [0.3, 0.4) is 0 Å². The van der Waals surface area contributed by atoms with Gasteiger partial charge < -0.3 is 4.74 Å². The van der Waals surface area contributed by atoms with E-state index in [0.29, 0.717) is 0 Å². The maximum absolute atomic E-state index is 11.8. The number of hydrogen-bond acceptors (Lipinski definition) is 6. The minimum absolute atomic E-state index is 0.0458. The molecule has 0 saturated heterocycles. The predicted octanol–water partition coefficient (Wildman–Crippen LogP) is 0.314. The molecule has 0 bridgehead atoms. The van der Waals surface area contributed by atoms with E-state index in [9.17, 15) is 19.7 Å². The molecule has 21 heavy (non-hydrogen) atoms. The van der Waals surface area contributed by atoms with E-state index in [0.717, 1.165) is 16.8 Å². The molecule has 0 atom stereocenters. The maximum Gasteiger partial charge on any atom is 0.333 e. The zero-order valence-electron chi connectivity index (χ0n) is 10.7. The van der Waals surface area contributed by atoms with Crippen LogP contribution in [0.15, 0.2) is 34.0 Å². The molecule has 0 fully saturated rings. The van der Waals surface area contributed by atoms with Crippen molar-refractivity contribution in [3.8, 4) is 17.5 Å². The average Bonchev–Trinajstić information content (AvgIpc) is 2.46. The Morgan fingerprint density at radius 1 is 1.43 bits per heavy atom. The number of hydrogen-bond donors (Lipinski definition) is 1. The number of methoxy groups -OCH3 is 1. The first-order valence-corrected chi connectivity index (χ1v) is 5.57. The number of aromatic amines is 1. The van der Waals surface area contributed by atoms with E-state index >= 15 is 0 Å². The van der Waals surface area contributed by atoms with Gasteiger partial charge in [0, 0.05) is 18.3 Å². The molecule has 0 aliphatic rings. The summed E-state index contributed by atoms with van der Waals surface area (Å²) in [5.74, 6) is 0.179. The lowest BCUT2D eigenvalue weighted by Gasteiger charge is -2.10. The van der Waals surface area contributed by atoms with Crippen LogP contribution in [0.5, 0.6) is 5.75 Å². The highest BCUT2D eigenvalue weighted by Crippen LogP contribution is 2.26. The number of nitriles is 1. The van der Waals surface area contributed by atoms with Gasteiger partial charge in [0.05, 0.1) is 17.7 Å². The molecule has 0 radical (unpaired) electrons. The van der Waals surface area contributed by atoms with Crippen LogP contribution in [0.4, 0.5) is 5.69 Å². The van der Waals surface area contributed by atoms with E-state index in [-0.39, 0.29) is 22.7 Å². The summed E-state index contributed by atoms with van der Waals surface area (Å²) in [4.78, 5) is 35.3. The largest absolute Gasteiger partial charge is 0.495 e. The summed E-state index contributed by atoms with van der Waals surface area (Å²) in [6.45, 7) is 0. The Bertz CT molecular complexity index is 874. The molecule has 9 heteroatoms. The topological polar surface area (TPSA) is 131 Å². The van der Waals surface area contributed by atoms with Gasteiger partial charge in [-0.15, -0.1) is 0 Å². The van der Waals surface area contributed by atoms with Crippen LogP contribution in [0.1, 0.15) is 5.56 Å². The molecule has 2 aromatic rings. The summed E-state index contributed by atoms with van der Waals surface area (Å²) in [6.07, 6.45) is 1.00. The molecule has 1 aromatic carbocycles. The third-order valence-corrected chi connectivity index (χ3v) is 2.70. The van der Waals surface area contributed by atoms with Crippen LogP contribution in [-0.4, -0.2) is 21.6 Å². The van der Waals surface area contributed by atoms with Crippen molar-refractivity contribution in [2.75, 3.05) is 7.11 Å². The van der Waals surface area contributed by atoms with Crippen molar-refractivity contribution in [2.45, 2.75) is 0 Å². The van der Waals surface area contributed by atoms with Gasteiger partial charge in [-0.1, -0.05) is 0 Å². The Kier molecular flexibility index (Phi) is 3.53. The second kappa shape index (κ2) is 5.30. The average molecular weight is 288 g/mol. The van der Waals surface area contributed by atoms with Crippen molar-refractivity contribution >= 4 is 5.69 Å². The molecule has 1 heterocycles. The van der Waals surface area contributed by atoms with E-state index in [4.69, 9.17) is 10.00 Å². The molecule has 1 N–H and O–H groups in total. The number of ether oxygens (including phenoxy) is 1. The molecule has 106 valence electrons. The fourth-order valence-corrected chi connectivity index (χ4v) is 1.71. The molecule has 0 spiro atoms. The molecule has 9 nitrogen and oxygen atoms in total. The van der Waals surface area contributed by atoms with Gasteiger partial charge in [-0.3, -0.25) is 24.5 Å². The summed E-state index contributed by atoms with van der Waals surface area (Å²) >= 11 is 0. The van der Waals surface area contributed by atoms with Crippen LogP contribution >= 0.6 is 0 Å². The molecule has 0 unspecified atom stereocenters. The van der Waals surface area contributed by atoms with Crippen molar-refractivity contribution in [3.05, 3.63) is 60.9 Å². The van der Waals surface area contributed by atoms with E-state index in [2.05, 4.69) is 0 Å². The molecule has 2 rings (SSSR count). The SMILES string of the molecule is COc1ccc([N+](=O)[O-])cc1-n1cc(C#N)c(=O)[nH]c1=O. The van der Waals surface area contributed by atoms with Crippen molar-refractivity contribution in [3.63, 3.8) is 0 Å². The molecule has 0 saturated carbocycles. The molecular formula is C12H8N4O5. The van der Waals surface area contributed by atoms with Gasteiger partial charge in [-0.25, -0.2) is 4.79 Å². The minimum atomic E-state index is -0.835. The zero-order valence-corrected chi connectivity index (χ0v) is 10.7. The van der Waals surface area contributed by atoms with Crippen LogP contribution < -0.4 is 16.0 Å². The Labute approximate surface area is 116 Å². The van der Waals surface area contributed by atoms with E-state index < -0.39 is 16.2 Å². The van der Waals surface area contributed by atoms with Crippen molar-refractivity contribution in [1.82, 2.24) is 9.55 Å². The van der Waals surface area contributed by atoms with Gasteiger partial charge in [0.2, 0.25) is 0 Å². The van der Waals surface area contributed by atoms with Crippen molar-refractivity contribution < 1.29 is 9.66 Å². The van der Waals surface area contributed by atoms with Crippen molar-refractivity contribution in [1.29, 1.82) is 5.26 Å². The normalized spacial score (nSPS) is 9.90. The molecule has 0 amide bonds. The first kappa shape index (κ1) is 14.0. The summed E-state index contributed by atoms with van der Waals surface area (Å²) < 4.78 is 5.94. The highest BCUT2D eigenvalue weighted by Gasteiger charge is 2.15. The summed E-state index contributed by atoms with van der Waals surface area (Å²) in [5.41, 5.74) is -2.18. The lowest BCUT2D eigenvalue weighted by molar-refractivity contribution is -0.384. The van der Waals surface area contributed by atoms with Crippen LogP contribution in [0.2, 0.25) is 0 Å². The van der Waals surface area contributed by atoms with E-state index in [1.165, 1.54) is 19.2 Å². The van der Waals surface area contributed by atoms with Crippen LogP contribution in [-0.2, 0) is 0 Å². The summed E-state index contributed by atoms with van der Waals surface area (Å²) in [7, 11) is 1.33. The summed E-state index contributed by atoms with van der Waals surface area (Å²) in [5, 5.41) is 19.6. The third-order valence-electron chi connectivity index (χ3n) is 2.70. The quantitative estimate of drug-likeness (QED) is 0.638. The first-order valence-electron chi connectivity index (χ1n) is 5.57. The Morgan fingerprint density at radius 3 is 2.71 bits per heavy atom. The van der Waals surface area contributed by atoms with Gasteiger partial charge in [0.25, 0.3) is 11.2 Å². The second-order valence-electron chi connectivity index (χ2n) is 3.90. The molecule has 1 aromatic heterocycles. The van der Waals surface area contributed by atoms with E-state index in [1.54, 1.807) is 6.07 Å². The smallest absolute Gasteiger partial charge is 0.333 e. The highest BCUT2D eigenvalue weighted by molar-refractivity contribution is 5.54. The van der Waals surface area contributed by atoms with Gasteiger partial charge in [0.1, 0.15) is 17.4 Å².